The Balaban J connectivity index is 1.06. The summed E-state index contributed by atoms with van der Waals surface area (Å²) in [4.78, 5) is 23.6. The number of thiophene rings is 1. The number of likely N-dealkylation sites (tertiary alicyclic amines) is 1. The summed E-state index contributed by atoms with van der Waals surface area (Å²) in [6.45, 7) is 1.60. The summed E-state index contributed by atoms with van der Waals surface area (Å²) in [5.74, 6) is 2.21. The molecule has 1 aliphatic heterocycles. The zero-order chi connectivity index (χ0) is 27.1. The number of pyridine rings is 2. The van der Waals surface area contributed by atoms with E-state index < -0.39 is 0 Å². The van der Waals surface area contributed by atoms with Crippen molar-refractivity contribution in [3.8, 4) is 22.5 Å². The molecular formula is C31H34N6O2S. The number of hydrogen-bond acceptors (Lipinski definition) is 7. The third kappa shape index (κ3) is 4.76. The number of nitrogens with zero attached hydrogens (tertiary/aromatic N) is 5. The van der Waals surface area contributed by atoms with E-state index >= 15 is 0 Å². The van der Waals surface area contributed by atoms with E-state index in [0.717, 1.165) is 76.2 Å². The van der Waals surface area contributed by atoms with E-state index in [1.165, 1.54) is 32.1 Å². The standard InChI is InChI=1S/C31H34N6O2S/c32-31-30-24(14-27(39-30)26-19-40-28-17-33-11-8-23(26)28)25(16-34-31)21-15-35-37(18-21)22-9-12-36(13-10-22)29(38)7-6-20-4-2-1-3-5-20/h8,11,14-20,22H,1-7,9-10,12-13H2,(H2,32,34). The van der Waals surface area contributed by atoms with Gasteiger partial charge in [-0.25, -0.2) is 4.98 Å². The second kappa shape index (κ2) is 10.7. The third-order valence-corrected chi connectivity index (χ3v) is 9.76. The zero-order valence-electron chi connectivity index (χ0n) is 22.6. The quantitative estimate of drug-likeness (QED) is 0.241. The van der Waals surface area contributed by atoms with Crippen molar-refractivity contribution in [2.24, 2.45) is 5.92 Å². The fraction of sp³-hybridized carbons (Fsp3) is 0.419. The lowest BCUT2D eigenvalue weighted by molar-refractivity contribution is -0.132. The first kappa shape index (κ1) is 25.3. The van der Waals surface area contributed by atoms with Gasteiger partial charge in [-0.2, -0.15) is 5.10 Å². The molecule has 1 saturated heterocycles. The Kier molecular flexibility index (Phi) is 6.75. The van der Waals surface area contributed by atoms with E-state index in [-0.39, 0.29) is 6.04 Å². The van der Waals surface area contributed by atoms with Crippen molar-refractivity contribution in [2.75, 3.05) is 18.8 Å². The molecule has 1 amide bonds. The lowest BCUT2D eigenvalue weighted by Gasteiger charge is -2.32. The number of aromatic nitrogens is 4. The molecular weight excluding hydrogens is 520 g/mol. The molecule has 0 spiro atoms. The number of amides is 1. The van der Waals surface area contributed by atoms with E-state index in [1.807, 2.05) is 24.7 Å². The smallest absolute Gasteiger partial charge is 0.222 e. The molecule has 2 N–H and O–H groups in total. The average molecular weight is 555 g/mol. The molecule has 0 radical (unpaired) electrons. The topological polar surface area (TPSA) is 103 Å². The molecule has 1 aliphatic carbocycles. The maximum atomic E-state index is 12.9. The molecule has 206 valence electrons. The fourth-order valence-corrected chi connectivity index (χ4v) is 7.41. The van der Waals surface area contributed by atoms with Gasteiger partial charge in [-0.05, 0) is 37.3 Å². The van der Waals surface area contributed by atoms with Gasteiger partial charge in [-0.3, -0.25) is 14.5 Å². The molecule has 9 heteroatoms. The highest BCUT2D eigenvalue weighted by Crippen LogP contribution is 2.40. The lowest BCUT2D eigenvalue weighted by Crippen LogP contribution is -2.39. The second-order valence-corrected chi connectivity index (χ2v) is 12.2. The van der Waals surface area contributed by atoms with Crippen molar-refractivity contribution >= 4 is 44.1 Å². The highest BCUT2D eigenvalue weighted by atomic mass is 32.1. The average Bonchev–Trinajstić information content (AvgIpc) is 3.76. The van der Waals surface area contributed by atoms with Gasteiger partial charge in [0.2, 0.25) is 5.91 Å². The number of fused-ring (bicyclic) bond motifs is 2. The SMILES string of the molecule is Nc1ncc(-c2cnn(C3CCN(C(=O)CCC4CCCCC4)CC3)c2)c2cc(-c3csc4cnccc34)oc12. The molecule has 0 bridgehead atoms. The van der Waals surface area contributed by atoms with Crippen molar-refractivity contribution in [2.45, 2.75) is 63.8 Å². The van der Waals surface area contributed by atoms with Crippen LogP contribution in [0.4, 0.5) is 5.82 Å². The first-order valence-corrected chi connectivity index (χ1v) is 15.3. The zero-order valence-corrected chi connectivity index (χ0v) is 23.4. The van der Waals surface area contributed by atoms with Gasteiger partial charge >= 0.3 is 0 Å². The predicted molar refractivity (Wildman–Crippen MR) is 159 cm³/mol. The van der Waals surface area contributed by atoms with Gasteiger partial charge in [0.15, 0.2) is 11.4 Å². The first-order valence-electron chi connectivity index (χ1n) is 14.5. The number of furan rings is 1. The van der Waals surface area contributed by atoms with Crippen LogP contribution in [0, 0.1) is 5.92 Å². The van der Waals surface area contributed by atoms with Crippen LogP contribution in [0.2, 0.25) is 0 Å². The minimum absolute atomic E-state index is 0.277. The van der Waals surface area contributed by atoms with Gasteiger partial charge in [0.25, 0.3) is 0 Å². The molecule has 2 aliphatic rings. The number of piperidine rings is 1. The summed E-state index contributed by atoms with van der Waals surface area (Å²) in [5, 5.41) is 8.86. The summed E-state index contributed by atoms with van der Waals surface area (Å²) in [7, 11) is 0. The minimum atomic E-state index is 0.277. The molecule has 6 heterocycles. The van der Waals surface area contributed by atoms with Crippen LogP contribution in [0.3, 0.4) is 0 Å². The molecule has 1 saturated carbocycles. The molecule has 5 aromatic heterocycles. The van der Waals surface area contributed by atoms with Gasteiger partial charge in [0, 0.05) is 77.1 Å². The number of carbonyl (C=O) groups is 1. The summed E-state index contributed by atoms with van der Waals surface area (Å²) in [6.07, 6.45) is 19.7. The van der Waals surface area contributed by atoms with Gasteiger partial charge < -0.3 is 15.1 Å². The van der Waals surface area contributed by atoms with Gasteiger partial charge in [-0.1, -0.05) is 32.1 Å². The van der Waals surface area contributed by atoms with Crippen LogP contribution in [-0.4, -0.2) is 43.6 Å². The summed E-state index contributed by atoms with van der Waals surface area (Å²) >= 11 is 1.65. The fourth-order valence-electron chi connectivity index (χ4n) is 6.50. The molecule has 8 nitrogen and oxygen atoms in total. The Morgan fingerprint density at radius 2 is 1.90 bits per heavy atom. The van der Waals surface area contributed by atoms with Crippen LogP contribution in [0.5, 0.6) is 0 Å². The molecule has 0 atom stereocenters. The Morgan fingerprint density at radius 1 is 1.05 bits per heavy atom. The van der Waals surface area contributed by atoms with E-state index in [2.05, 4.69) is 37.2 Å². The Labute approximate surface area is 237 Å². The van der Waals surface area contributed by atoms with Crippen molar-refractivity contribution < 1.29 is 9.21 Å². The molecule has 5 aromatic rings. The van der Waals surface area contributed by atoms with Crippen molar-refractivity contribution in [3.63, 3.8) is 0 Å². The van der Waals surface area contributed by atoms with Crippen LogP contribution in [0.25, 0.3) is 43.5 Å². The lowest BCUT2D eigenvalue weighted by atomic mass is 9.86. The van der Waals surface area contributed by atoms with E-state index in [9.17, 15) is 4.79 Å². The Morgan fingerprint density at radius 3 is 2.75 bits per heavy atom. The van der Waals surface area contributed by atoms with Crippen LogP contribution in [0.1, 0.15) is 63.8 Å². The molecule has 0 aromatic carbocycles. The monoisotopic (exact) mass is 554 g/mol. The van der Waals surface area contributed by atoms with Crippen LogP contribution >= 0.6 is 11.3 Å². The van der Waals surface area contributed by atoms with E-state index in [1.54, 1.807) is 17.5 Å². The number of hydrogen-bond donors (Lipinski definition) is 1. The molecule has 2 fully saturated rings. The van der Waals surface area contributed by atoms with Crippen molar-refractivity contribution in [1.82, 2.24) is 24.6 Å². The maximum absolute atomic E-state index is 12.9. The maximum Gasteiger partial charge on any atom is 0.222 e. The normalized spacial score (nSPS) is 17.2. The highest BCUT2D eigenvalue weighted by molar-refractivity contribution is 7.17. The number of carbonyl (C=O) groups excluding carboxylic acids is 1. The molecule has 40 heavy (non-hydrogen) atoms. The summed E-state index contributed by atoms with van der Waals surface area (Å²) in [5.41, 5.74) is 9.79. The van der Waals surface area contributed by atoms with Gasteiger partial charge in [0.1, 0.15) is 5.76 Å². The number of nitrogens with two attached hydrogens (primary N) is 1. The predicted octanol–water partition coefficient (Wildman–Crippen LogP) is 7.07. The van der Waals surface area contributed by atoms with Crippen LogP contribution in [-0.2, 0) is 4.79 Å². The number of anilines is 1. The van der Waals surface area contributed by atoms with Gasteiger partial charge in [0.05, 0.1) is 16.9 Å². The van der Waals surface area contributed by atoms with E-state index in [0.29, 0.717) is 23.7 Å². The van der Waals surface area contributed by atoms with Crippen LogP contribution < -0.4 is 5.73 Å². The number of nitrogen functional groups attached to an aromatic ring is 1. The third-order valence-electron chi connectivity index (χ3n) is 8.83. The van der Waals surface area contributed by atoms with Gasteiger partial charge in [-0.15, -0.1) is 11.3 Å². The van der Waals surface area contributed by atoms with Crippen molar-refractivity contribution in [1.29, 1.82) is 0 Å². The van der Waals surface area contributed by atoms with Crippen LogP contribution in [0.15, 0.2) is 52.9 Å². The summed E-state index contributed by atoms with van der Waals surface area (Å²) < 4.78 is 9.43. The Hall–Kier alpha value is -3.72. The summed E-state index contributed by atoms with van der Waals surface area (Å²) in [6, 6.07) is 4.34. The largest absolute Gasteiger partial charge is 0.452 e. The van der Waals surface area contributed by atoms with E-state index in [4.69, 9.17) is 15.2 Å². The Bertz CT molecular complexity index is 1650. The van der Waals surface area contributed by atoms with Crippen molar-refractivity contribution in [3.05, 3.63) is 48.5 Å². The minimum Gasteiger partial charge on any atom is -0.452 e. The molecule has 0 unspecified atom stereocenters. The second-order valence-electron chi connectivity index (χ2n) is 11.3. The first-order chi connectivity index (χ1) is 19.6. The number of rotatable bonds is 6. The molecule has 7 rings (SSSR count). The highest BCUT2D eigenvalue weighted by Gasteiger charge is 2.26.